The number of nitrogens with two attached hydrogens (primary N) is 1. The van der Waals surface area contributed by atoms with Crippen molar-refractivity contribution in [1.82, 2.24) is 16.0 Å². The van der Waals surface area contributed by atoms with E-state index in [1.54, 1.807) is 6.92 Å². The molecule has 0 rings (SSSR count). The summed E-state index contributed by atoms with van der Waals surface area (Å²) in [5.41, 5.74) is 5.51. The average Bonchev–Trinajstić information content (AvgIpc) is 2.59. The van der Waals surface area contributed by atoms with Gasteiger partial charge in [-0.3, -0.25) is 14.4 Å². The molecular weight excluding hydrogens is 376 g/mol. The van der Waals surface area contributed by atoms with Gasteiger partial charge >= 0.3 is 5.97 Å². The molecule has 0 aliphatic rings. The van der Waals surface area contributed by atoms with E-state index in [1.165, 1.54) is 13.8 Å². The molecule has 0 aromatic heterocycles. The highest BCUT2D eigenvalue weighted by Crippen LogP contribution is 2.09. The first-order chi connectivity index (χ1) is 12.5. The molecule has 0 radical (unpaired) electrons. The number of hydrogen-bond donors (Lipinski definition) is 7. The zero-order valence-electron chi connectivity index (χ0n) is 15.9. The number of carboxylic acid groups (broad SMARTS) is 1. The van der Waals surface area contributed by atoms with Gasteiger partial charge < -0.3 is 31.9 Å². The largest absolute Gasteiger partial charge is 0.480 e. The number of amides is 3. The van der Waals surface area contributed by atoms with Gasteiger partial charge in [-0.25, -0.2) is 4.79 Å². The highest BCUT2D eigenvalue weighted by Gasteiger charge is 2.32. The molecule has 0 aliphatic heterocycles. The minimum Gasteiger partial charge on any atom is -0.480 e. The summed E-state index contributed by atoms with van der Waals surface area (Å²) in [6, 6.07) is -4.41. The smallest absolute Gasteiger partial charge is 0.328 e. The molecule has 6 atom stereocenters. The van der Waals surface area contributed by atoms with Gasteiger partial charge in [0.05, 0.1) is 12.1 Å². The van der Waals surface area contributed by atoms with Gasteiger partial charge in [-0.15, -0.1) is 0 Å². The summed E-state index contributed by atoms with van der Waals surface area (Å²) in [6.07, 6.45) is -0.751. The van der Waals surface area contributed by atoms with Crippen molar-refractivity contribution in [2.45, 2.75) is 64.4 Å². The number of carboxylic acids is 1. The lowest BCUT2D eigenvalue weighted by Crippen LogP contribution is -2.59. The van der Waals surface area contributed by atoms with Crippen LogP contribution in [0.5, 0.6) is 0 Å². The Hall–Kier alpha value is -1.85. The molecule has 0 bridgehead atoms. The summed E-state index contributed by atoms with van der Waals surface area (Å²) < 4.78 is 0. The van der Waals surface area contributed by atoms with Crippen molar-refractivity contribution in [2.24, 2.45) is 11.7 Å². The van der Waals surface area contributed by atoms with Crippen LogP contribution in [-0.2, 0) is 19.2 Å². The van der Waals surface area contributed by atoms with Crippen LogP contribution in [0.1, 0.15) is 34.1 Å². The van der Waals surface area contributed by atoms with Crippen LogP contribution < -0.4 is 21.7 Å². The molecule has 3 amide bonds. The van der Waals surface area contributed by atoms with E-state index in [-0.39, 0.29) is 11.7 Å². The lowest BCUT2D eigenvalue weighted by atomic mass is 9.97. The molecule has 0 aromatic carbocycles. The van der Waals surface area contributed by atoms with Gasteiger partial charge in [0, 0.05) is 5.75 Å². The maximum absolute atomic E-state index is 12.6. The zero-order chi connectivity index (χ0) is 21.3. The molecule has 0 spiro atoms. The van der Waals surface area contributed by atoms with E-state index in [4.69, 9.17) is 10.8 Å². The normalized spacial score (nSPS) is 17.6. The van der Waals surface area contributed by atoms with Gasteiger partial charge in [0.1, 0.15) is 12.1 Å². The van der Waals surface area contributed by atoms with Crippen LogP contribution in [0, 0.1) is 5.92 Å². The van der Waals surface area contributed by atoms with Crippen LogP contribution in [0.4, 0.5) is 0 Å². The lowest BCUT2D eigenvalue weighted by Gasteiger charge is -2.27. The first-order valence-corrected chi connectivity index (χ1v) is 9.27. The summed E-state index contributed by atoms with van der Waals surface area (Å²) in [7, 11) is 0. The number of carbonyl (C=O) groups excluding carboxylic acids is 3. The van der Waals surface area contributed by atoms with E-state index >= 15 is 0 Å². The minimum atomic E-state index is -1.53. The molecule has 10 nitrogen and oxygen atoms in total. The Labute approximate surface area is 164 Å². The molecule has 11 heteroatoms. The van der Waals surface area contributed by atoms with Crippen molar-refractivity contribution in [3.05, 3.63) is 0 Å². The summed E-state index contributed by atoms with van der Waals surface area (Å²) in [4.78, 5) is 47.8. The standard InChI is InChI=1S/C16H30N4O6S/c1-5-7(2)11(19-13(22)8(3)17)15(24)18-10(6-27)14(23)20-12(9(4)21)16(25)26/h7-12,21,27H,5-6,17H2,1-4H3,(H,18,24)(H,19,22)(H,20,23)(H,25,26). The molecular formula is C16H30N4O6S. The summed E-state index contributed by atoms with van der Waals surface area (Å²) in [6.45, 7) is 6.30. The number of aliphatic hydroxyl groups excluding tert-OH is 1. The highest BCUT2D eigenvalue weighted by molar-refractivity contribution is 7.80. The maximum Gasteiger partial charge on any atom is 0.328 e. The fourth-order valence-electron chi connectivity index (χ4n) is 2.08. The molecule has 27 heavy (non-hydrogen) atoms. The van der Waals surface area contributed by atoms with Crippen LogP contribution in [0.3, 0.4) is 0 Å². The summed E-state index contributed by atoms with van der Waals surface area (Å²) in [5.74, 6) is -3.70. The zero-order valence-corrected chi connectivity index (χ0v) is 16.8. The number of thiol groups is 1. The third-order valence-corrected chi connectivity index (χ3v) is 4.43. The van der Waals surface area contributed by atoms with Crippen molar-refractivity contribution in [2.75, 3.05) is 5.75 Å². The second kappa shape index (κ2) is 11.8. The quantitative estimate of drug-likeness (QED) is 0.199. The van der Waals surface area contributed by atoms with Crippen molar-refractivity contribution in [3.8, 4) is 0 Å². The Morgan fingerprint density at radius 2 is 1.48 bits per heavy atom. The molecule has 7 N–H and O–H groups in total. The van der Waals surface area contributed by atoms with Crippen LogP contribution >= 0.6 is 12.6 Å². The van der Waals surface area contributed by atoms with Gasteiger partial charge in [-0.05, 0) is 19.8 Å². The van der Waals surface area contributed by atoms with Crippen LogP contribution in [-0.4, -0.2) is 69.9 Å². The molecule has 0 saturated heterocycles. The number of nitrogens with one attached hydrogen (secondary N) is 3. The third-order valence-electron chi connectivity index (χ3n) is 4.07. The van der Waals surface area contributed by atoms with Gasteiger partial charge in [0.25, 0.3) is 0 Å². The average molecular weight is 407 g/mol. The summed E-state index contributed by atoms with van der Waals surface area (Å²) in [5, 5.41) is 25.6. The predicted molar refractivity (Wildman–Crippen MR) is 102 cm³/mol. The Kier molecular flexibility index (Phi) is 11.0. The number of aliphatic hydroxyl groups is 1. The molecule has 156 valence electrons. The topological polar surface area (TPSA) is 171 Å². The van der Waals surface area contributed by atoms with Crippen molar-refractivity contribution in [1.29, 1.82) is 0 Å². The Morgan fingerprint density at radius 3 is 1.85 bits per heavy atom. The molecule has 0 fully saturated rings. The number of aliphatic carboxylic acids is 1. The number of carbonyl (C=O) groups is 4. The van der Waals surface area contributed by atoms with E-state index < -0.39 is 54.0 Å². The third kappa shape index (κ3) is 8.14. The fourth-order valence-corrected chi connectivity index (χ4v) is 2.34. The monoisotopic (exact) mass is 406 g/mol. The SMILES string of the molecule is CCC(C)C(NC(=O)C(C)N)C(=O)NC(CS)C(=O)NC(C(=O)O)C(C)O. The molecule has 0 saturated carbocycles. The van der Waals surface area contributed by atoms with Crippen LogP contribution in [0.25, 0.3) is 0 Å². The Morgan fingerprint density at radius 1 is 0.963 bits per heavy atom. The van der Waals surface area contributed by atoms with Crippen LogP contribution in [0.2, 0.25) is 0 Å². The van der Waals surface area contributed by atoms with E-state index in [9.17, 15) is 24.3 Å². The molecule has 6 unspecified atom stereocenters. The lowest BCUT2D eigenvalue weighted by molar-refractivity contribution is -0.145. The highest BCUT2D eigenvalue weighted by atomic mass is 32.1. The van der Waals surface area contributed by atoms with Gasteiger partial charge in [0.2, 0.25) is 17.7 Å². The van der Waals surface area contributed by atoms with Gasteiger partial charge in [0.15, 0.2) is 6.04 Å². The van der Waals surface area contributed by atoms with E-state index in [0.29, 0.717) is 6.42 Å². The molecule has 0 heterocycles. The van der Waals surface area contributed by atoms with E-state index in [2.05, 4.69) is 28.6 Å². The Bertz CT molecular complexity index is 543. The second-order valence-electron chi connectivity index (χ2n) is 6.47. The van der Waals surface area contributed by atoms with Crippen LogP contribution in [0.15, 0.2) is 0 Å². The fraction of sp³-hybridized carbons (Fsp3) is 0.750. The van der Waals surface area contributed by atoms with Crippen molar-refractivity contribution in [3.63, 3.8) is 0 Å². The van der Waals surface area contributed by atoms with Crippen molar-refractivity contribution < 1.29 is 29.4 Å². The Balaban J connectivity index is 5.21. The van der Waals surface area contributed by atoms with Crippen molar-refractivity contribution >= 4 is 36.3 Å². The first-order valence-electron chi connectivity index (χ1n) is 8.64. The molecule has 0 aromatic rings. The predicted octanol–water partition coefficient (Wildman–Crippen LogP) is -1.77. The number of hydrogen-bond acceptors (Lipinski definition) is 7. The van der Waals surface area contributed by atoms with Gasteiger partial charge in [-0.1, -0.05) is 20.3 Å². The van der Waals surface area contributed by atoms with E-state index in [1.807, 2.05) is 6.92 Å². The van der Waals surface area contributed by atoms with E-state index in [0.717, 1.165) is 0 Å². The second-order valence-corrected chi connectivity index (χ2v) is 6.83. The maximum atomic E-state index is 12.6. The minimum absolute atomic E-state index is 0.113. The molecule has 0 aliphatic carbocycles. The number of rotatable bonds is 11. The first kappa shape index (κ1) is 25.1. The van der Waals surface area contributed by atoms with Gasteiger partial charge in [-0.2, -0.15) is 12.6 Å². The summed E-state index contributed by atoms with van der Waals surface area (Å²) >= 11 is 4.01.